The maximum Gasteiger partial charge on any atom is 0.261 e. The molecule has 9 heteroatoms. The fraction of sp³-hybridized carbons (Fsp3) is 0.241. The molecule has 38 heavy (non-hydrogen) atoms. The van der Waals surface area contributed by atoms with Crippen LogP contribution in [0.25, 0.3) is 0 Å². The molecule has 1 aromatic heterocycles. The van der Waals surface area contributed by atoms with E-state index in [0.29, 0.717) is 23.3 Å². The molecule has 1 heterocycles. The summed E-state index contributed by atoms with van der Waals surface area (Å²) in [6, 6.07) is 25.8. The Hall–Kier alpha value is -3.56. The molecule has 4 aromatic rings. The lowest BCUT2D eigenvalue weighted by molar-refractivity contribution is 0.368. The third-order valence-electron chi connectivity index (χ3n) is 5.84. The Morgan fingerprint density at radius 2 is 1.39 bits per heavy atom. The van der Waals surface area contributed by atoms with Crippen LogP contribution in [0.4, 0.5) is 5.69 Å². The second-order valence-electron chi connectivity index (χ2n) is 9.62. The van der Waals surface area contributed by atoms with E-state index in [-0.39, 0.29) is 15.6 Å². The van der Waals surface area contributed by atoms with Gasteiger partial charge >= 0.3 is 0 Å². The van der Waals surface area contributed by atoms with Crippen molar-refractivity contribution in [2.75, 3.05) is 18.9 Å². The van der Waals surface area contributed by atoms with E-state index in [1.165, 1.54) is 0 Å². The molecule has 0 amide bonds. The summed E-state index contributed by atoms with van der Waals surface area (Å²) in [6.07, 6.45) is 0. The third-order valence-corrected chi connectivity index (χ3v) is 8.50. The van der Waals surface area contributed by atoms with Gasteiger partial charge in [0.05, 0.1) is 30.4 Å². The number of aromatic nitrogens is 2. The van der Waals surface area contributed by atoms with Gasteiger partial charge in [-0.05, 0) is 52.9 Å². The van der Waals surface area contributed by atoms with Crippen LogP contribution in [-0.2, 0) is 15.4 Å². The van der Waals surface area contributed by atoms with Gasteiger partial charge in [-0.15, -0.1) is 11.8 Å². The van der Waals surface area contributed by atoms with Crippen molar-refractivity contribution in [2.24, 2.45) is 0 Å². The van der Waals surface area contributed by atoms with Gasteiger partial charge in [-0.2, -0.15) is 9.97 Å². The van der Waals surface area contributed by atoms with Gasteiger partial charge in [0.15, 0.2) is 5.82 Å². The maximum atomic E-state index is 13.0. The van der Waals surface area contributed by atoms with Crippen LogP contribution in [0.1, 0.15) is 43.0 Å². The molecule has 3 aromatic carbocycles. The summed E-state index contributed by atoms with van der Waals surface area (Å²) >= 11 is 1.55. The summed E-state index contributed by atoms with van der Waals surface area (Å²) in [6.45, 7) is 6.27. The maximum absolute atomic E-state index is 13.0. The standard InChI is InChI=1S/C29H31N3O4S2/c1-29(2,3)21-11-17-24(18-12-21)38(33,34)32-22-13-15-23(16-14-22)37-27(20-9-7-6-8-10-20)28-30-25(35-4)19-26(31-28)36-5/h6-19,27,32H,1-5H3/t27-/m1/s1. The monoisotopic (exact) mass is 549 g/mol. The number of anilines is 1. The minimum absolute atomic E-state index is 0.0537. The van der Waals surface area contributed by atoms with Crippen LogP contribution in [0.5, 0.6) is 11.8 Å². The zero-order valence-electron chi connectivity index (χ0n) is 22.0. The summed E-state index contributed by atoms with van der Waals surface area (Å²) in [4.78, 5) is 10.3. The number of nitrogens with zero attached hydrogens (tertiary/aromatic N) is 2. The van der Waals surface area contributed by atoms with Crippen molar-refractivity contribution in [3.05, 3.63) is 102 Å². The van der Waals surface area contributed by atoms with E-state index in [1.807, 2.05) is 54.6 Å². The zero-order valence-corrected chi connectivity index (χ0v) is 23.6. The van der Waals surface area contributed by atoms with E-state index in [9.17, 15) is 8.42 Å². The van der Waals surface area contributed by atoms with E-state index < -0.39 is 10.0 Å². The highest BCUT2D eigenvalue weighted by Crippen LogP contribution is 2.40. The lowest BCUT2D eigenvalue weighted by Gasteiger charge is -2.19. The Bertz CT molecular complexity index is 1450. The van der Waals surface area contributed by atoms with Crippen LogP contribution in [0.3, 0.4) is 0 Å². The van der Waals surface area contributed by atoms with Crippen molar-refractivity contribution >= 4 is 27.5 Å². The van der Waals surface area contributed by atoms with Gasteiger partial charge < -0.3 is 9.47 Å². The van der Waals surface area contributed by atoms with E-state index in [2.05, 4.69) is 35.5 Å². The van der Waals surface area contributed by atoms with Crippen molar-refractivity contribution in [1.82, 2.24) is 9.97 Å². The Labute approximate surface area is 228 Å². The summed E-state index contributed by atoms with van der Waals surface area (Å²) in [5.41, 5.74) is 2.51. The van der Waals surface area contributed by atoms with Crippen molar-refractivity contribution in [3.63, 3.8) is 0 Å². The third kappa shape index (κ3) is 6.65. The highest BCUT2D eigenvalue weighted by atomic mass is 32.2. The number of thioether (sulfide) groups is 1. The van der Waals surface area contributed by atoms with Crippen LogP contribution in [0.2, 0.25) is 0 Å². The second-order valence-corrected chi connectivity index (χ2v) is 12.5. The molecule has 7 nitrogen and oxygen atoms in total. The first-order chi connectivity index (χ1) is 18.1. The average Bonchev–Trinajstić information content (AvgIpc) is 2.92. The largest absolute Gasteiger partial charge is 0.481 e. The number of ether oxygens (including phenoxy) is 2. The van der Waals surface area contributed by atoms with E-state index in [0.717, 1.165) is 16.0 Å². The summed E-state index contributed by atoms with van der Waals surface area (Å²) in [7, 11) is -0.616. The Morgan fingerprint density at radius 1 is 0.816 bits per heavy atom. The molecule has 0 aliphatic heterocycles. The highest BCUT2D eigenvalue weighted by Gasteiger charge is 2.22. The Morgan fingerprint density at radius 3 is 1.92 bits per heavy atom. The van der Waals surface area contributed by atoms with Crippen molar-refractivity contribution in [1.29, 1.82) is 0 Å². The molecule has 198 valence electrons. The van der Waals surface area contributed by atoms with Gasteiger partial charge in [0.25, 0.3) is 10.0 Å². The summed E-state index contributed by atoms with van der Waals surface area (Å²) in [5, 5.41) is -0.246. The SMILES string of the molecule is COc1cc(OC)nc([C@H](Sc2ccc(NS(=O)(=O)c3ccc(C(C)(C)C)cc3)cc2)c2ccccc2)n1. The molecule has 0 saturated heterocycles. The van der Waals surface area contributed by atoms with Gasteiger partial charge in [0.2, 0.25) is 11.8 Å². The summed E-state index contributed by atoms with van der Waals surface area (Å²) < 4.78 is 39.3. The summed E-state index contributed by atoms with van der Waals surface area (Å²) in [5.74, 6) is 1.36. The van der Waals surface area contributed by atoms with Crippen LogP contribution in [0, 0.1) is 0 Å². The second kappa shape index (κ2) is 11.4. The first-order valence-electron chi connectivity index (χ1n) is 12.0. The number of sulfonamides is 1. The number of benzene rings is 3. The number of hydrogen-bond acceptors (Lipinski definition) is 7. The molecule has 0 bridgehead atoms. The molecule has 0 spiro atoms. The van der Waals surface area contributed by atoms with E-state index >= 15 is 0 Å². The van der Waals surface area contributed by atoms with Gasteiger partial charge in [-0.3, -0.25) is 4.72 Å². The number of nitrogens with one attached hydrogen (secondary N) is 1. The molecule has 0 aliphatic carbocycles. The van der Waals surface area contributed by atoms with Gasteiger partial charge in [-0.25, -0.2) is 8.42 Å². The fourth-order valence-electron chi connectivity index (χ4n) is 3.73. The highest BCUT2D eigenvalue weighted by molar-refractivity contribution is 7.99. The Kier molecular flexibility index (Phi) is 8.28. The van der Waals surface area contributed by atoms with Gasteiger partial charge in [-0.1, -0.05) is 63.2 Å². The van der Waals surface area contributed by atoms with Crippen molar-refractivity contribution in [3.8, 4) is 11.8 Å². The molecule has 1 atom stereocenters. The van der Waals surface area contributed by atoms with Crippen LogP contribution in [-0.4, -0.2) is 32.6 Å². The Balaban J connectivity index is 1.56. The number of methoxy groups -OCH3 is 2. The molecule has 1 N–H and O–H groups in total. The van der Waals surface area contributed by atoms with E-state index in [4.69, 9.17) is 9.47 Å². The molecule has 0 fully saturated rings. The normalized spacial score (nSPS) is 12.6. The molecule has 0 aliphatic rings. The molecular formula is C29H31N3O4S2. The number of rotatable bonds is 9. The van der Waals surface area contributed by atoms with E-state index in [1.54, 1.807) is 56.3 Å². The molecule has 0 saturated carbocycles. The zero-order chi connectivity index (χ0) is 27.3. The lowest BCUT2D eigenvalue weighted by atomic mass is 9.87. The van der Waals surface area contributed by atoms with Crippen LogP contribution < -0.4 is 14.2 Å². The first kappa shape index (κ1) is 27.5. The van der Waals surface area contributed by atoms with Crippen LogP contribution >= 0.6 is 11.8 Å². The minimum atomic E-state index is -3.72. The average molecular weight is 550 g/mol. The molecular weight excluding hydrogens is 518 g/mol. The predicted molar refractivity (Wildman–Crippen MR) is 152 cm³/mol. The minimum Gasteiger partial charge on any atom is -0.481 e. The smallest absolute Gasteiger partial charge is 0.261 e. The van der Waals surface area contributed by atoms with Crippen LogP contribution in [0.15, 0.2) is 94.7 Å². The van der Waals surface area contributed by atoms with Crippen molar-refractivity contribution in [2.45, 2.75) is 41.2 Å². The fourth-order valence-corrected chi connectivity index (χ4v) is 5.86. The lowest BCUT2D eigenvalue weighted by Crippen LogP contribution is -2.14. The number of hydrogen-bond donors (Lipinski definition) is 1. The van der Waals surface area contributed by atoms with Gasteiger partial charge in [0, 0.05) is 10.6 Å². The first-order valence-corrected chi connectivity index (χ1v) is 14.4. The molecule has 0 unspecified atom stereocenters. The topological polar surface area (TPSA) is 90.4 Å². The molecule has 0 radical (unpaired) electrons. The molecule has 4 rings (SSSR count). The van der Waals surface area contributed by atoms with Gasteiger partial charge in [0.1, 0.15) is 0 Å². The predicted octanol–water partition coefficient (Wildman–Crippen LogP) is 6.47. The quantitative estimate of drug-likeness (QED) is 0.239. The van der Waals surface area contributed by atoms with Crippen molar-refractivity contribution < 1.29 is 17.9 Å².